The minimum atomic E-state index is -0.517. The van der Waals surface area contributed by atoms with Crippen LogP contribution in [0.2, 0.25) is 0 Å². The number of nitrogens with one attached hydrogen (secondary N) is 2. The molecule has 0 aliphatic rings. The standard InChI is InChI=1S/C20H24N2O2/c1-14(2)13-18(20(24)21-3)22-19(23)17-11-9-16(10-12-17)15-7-5-4-6-8-15/h4-12,14,18H,13H2,1-3H3,(H,21,24)(H,22,23). The van der Waals surface area contributed by atoms with E-state index in [-0.39, 0.29) is 11.8 Å². The number of hydrogen-bond donors (Lipinski definition) is 2. The Balaban J connectivity index is 2.10. The average molecular weight is 324 g/mol. The highest BCUT2D eigenvalue weighted by molar-refractivity contribution is 5.97. The molecule has 0 saturated heterocycles. The predicted octanol–water partition coefficient (Wildman–Crippen LogP) is 3.24. The number of likely N-dealkylation sites (N-methyl/N-ethyl adjacent to an activating group) is 1. The monoisotopic (exact) mass is 324 g/mol. The Labute approximate surface area is 143 Å². The van der Waals surface area contributed by atoms with Crippen molar-refractivity contribution in [2.24, 2.45) is 5.92 Å². The van der Waals surface area contributed by atoms with E-state index in [1.54, 1.807) is 19.2 Å². The summed E-state index contributed by atoms with van der Waals surface area (Å²) in [5.41, 5.74) is 2.71. The van der Waals surface area contributed by atoms with Gasteiger partial charge in [-0.3, -0.25) is 9.59 Å². The summed E-state index contributed by atoms with van der Waals surface area (Å²) in [6, 6.07) is 16.9. The van der Waals surface area contributed by atoms with Crippen molar-refractivity contribution in [1.82, 2.24) is 10.6 Å². The van der Waals surface area contributed by atoms with E-state index in [4.69, 9.17) is 0 Å². The van der Waals surface area contributed by atoms with Gasteiger partial charge in [-0.05, 0) is 35.6 Å². The summed E-state index contributed by atoms with van der Waals surface area (Å²) in [6.45, 7) is 4.05. The summed E-state index contributed by atoms with van der Waals surface area (Å²) >= 11 is 0. The summed E-state index contributed by atoms with van der Waals surface area (Å²) in [6.07, 6.45) is 0.605. The summed E-state index contributed by atoms with van der Waals surface area (Å²) in [5, 5.41) is 5.43. The molecule has 0 aliphatic carbocycles. The van der Waals surface area contributed by atoms with Crippen LogP contribution in [0.3, 0.4) is 0 Å². The van der Waals surface area contributed by atoms with Crippen LogP contribution in [0.15, 0.2) is 54.6 Å². The van der Waals surface area contributed by atoms with Crippen molar-refractivity contribution in [3.05, 3.63) is 60.2 Å². The topological polar surface area (TPSA) is 58.2 Å². The maximum atomic E-state index is 12.4. The minimum absolute atomic E-state index is 0.169. The van der Waals surface area contributed by atoms with E-state index < -0.39 is 6.04 Å². The Morgan fingerprint density at radius 2 is 1.50 bits per heavy atom. The van der Waals surface area contributed by atoms with Gasteiger partial charge in [-0.15, -0.1) is 0 Å². The molecule has 1 atom stereocenters. The first-order valence-electron chi connectivity index (χ1n) is 8.19. The lowest BCUT2D eigenvalue weighted by Crippen LogP contribution is -2.46. The fraction of sp³-hybridized carbons (Fsp3) is 0.300. The molecule has 0 fully saturated rings. The second kappa shape index (κ2) is 8.29. The Bertz CT molecular complexity index is 679. The predicted molar refractivity (Wildman–Crippen MR) is 96.7 cm³/mol. The second-order valence-corrected chi connectivity index (χ2v) is 6.21. The van der Waals surface area contributed by atoms with Crippen molar-refractivity contribution in [3.8, 4) is 11.1 Å². The number of carbonyl (C=O) groups excluding carboxylic acids is 2. The maximum absolute atomic E-state index is 12.4. The summed E-state index contributed by atoms with van der Waals surface area (Å²) < 4.78 is 0. The van der Waals surface area contributed by atoms with E-state index in [9.17, 15) is 9.59 Å². The lowest BCUT2D eigenvalue weighted by Gasteiger charge is -2.19. The number of rotatable bonds is 6. The molecule has 2 aromatic rings. The lowest BCUT2D eigenvalue weighted by atomic mass is 10.0. The number of amides is 2. The molecule has 126 valence electrons. The van der Waals surface area contributed by atoms with Crippen molar-refractivity contribution in [1.29, 1.82) is 0 Å². The zero-order valence-corrected chi connectivity index (χ0v) is 14.4. The first-order valence-corrected chi connectivity index (χ1v) is 8.19. The van der Waals surface area contributed by atoms with Crippen molar-refractivity contribution < 1.29 is 9.59 Å². The van der Waals surface area contributed by atoms with E-state index in [0.717, 1.165) is 11.1 Å². The molecule has 2 amide bonds. The molecule has 2 N–H and O–H groups in total. The molecule has 0 bridgehead atoms. The van der Waals surface area contributed by atoms with Gasteiger partial charge in [0, 0.05) is 12.6 Å². The smallest absolute Gasteiger partial charge is 0.251 e. The average Bonchev–Trinajstić information content (AvgIpc) is 2.61. The van der Waals surface area contributed by atoms with E-state index >= 15 is 0 Å². The van der Waals surface area contributed by atoms with Gasteiger partial charge in [-0.25, -0.2) is 0 Å². The van der Waals surface area contributed by atoms with Crippen LogP contribution in [-0.4, -0.2) is 24.9 Å². The molecular weight excluding hydrogens is 300 g/mol. The zero-order valence-electron chi connectivity index (χ0n) is 14.4. The zero-order chi connectivity index (χ0) is 17.5. The summed E-state index contributed by atoms with van der Waals surface area (Å²) in [4.78, 5) is 24.3. The highest BCUT2D eigenvalue weighted by atomic mass is 16.2. The van der Waals surface area contributed by atoms with E-state index in [0.29, 0.717) is 17.9 Å². The van der Waals surface area contributed by atoms with Crippen LogP contribution in [0.25, 0.3) is 11.1 Å². The normalized spacial score (nSPS) is 11.8. The fourth-order valence-corrected chi connectivity index (χ4v) is 2.56. The van der Waals surface area contributed by atoms with Crippen LogP contribution in [0, 0.1) is 5.92 Å². The van der Waals surface area contributed by atoms with Gasteiger partial charge in [0.2, 0.25) is 5.91 Å². The molecule has 2 aromatic carbocycles. The summed E-state index contributed by atoms with van der Waals surface area (Å²) in [7, 11) is 1.58. The molecule has 4 nitrogen and oxygen atoms in total. The molecular formula is C20H24N2O2. The van der Waals surface area contributed by atoms with Crippen LogP contribution >= 0.6 is 0 Å². The highest BCUT2D eigenvalue weighted by Crippen LogP contribution is 2.19. The molecule has 0 spiro atoms. The Morgan fingerprint density at radius 1 is 0.917 bits per heavy atom. The van der Waals surface area contributed by atoms with Crippen LogP contribution in [-0.2, 0) is 4.79 Å². The van der Waals surface area contributed by atoms with Gasteiger partial charge in [0.15, 0.2) is 0 Å². The molecule has 0 heterocycles. The Morgan fingerprint density at radius 3 is 2.04 bits per heavy atom. The van der Waals surface area contributed by atoms with E-state index in [1.165, 1.54) is 0 Å². The maximum Gasteiger partial charge on any atom is 0.251 e. The first-order chi connectivity index (χ1) is 11.5. The number of benzene rings is 2. The van der Waals surface area contributed by atoms with Gasteiger partial charge >= 0.3 is 0 Å². The molecule has 0 aliphatic heterocycles. The Kier molecular flexibility index (Phi) is 6.13. The van der Waals surface area contributed by atoms with Gasteiger partial charge in [0.25, 0.3) is 5.91 Å². The van der Waals surface area contributed by atoms with Crippen molar-refractivity contribution in [2.45, 2.75) is 26.3 Å². The molecule has 4 heteroatoms. The fourth-order valence-electron chi connectivity index (χ4n) is 2.56. The first kappa shape index (κ1) is 17.7. The van der Waals surface area contributed by atoms with E-state index in [1.807, 2.05) is 56.3 Å². The minimum Gasteiger partial charge on any atom is -0.357 e. The Hall–Kier alpha value is -2.62. The largest absolute Gasteiger partial charge is 0.357 e. The molecule has 0 radical (unpaired) electrons. The molecule has 24 heavy (non-hydrogen) atoms. The third-order valence-electron chi connectivity index (χ3n) is 3.83. The van der Waals surface area contributed by atoms with Gasteiger partial charge < -0.3 is 10.6 Å². The van der Waals surface area contributed by atoms with Gasteiger partial charge in [0.1, 0.15) is 6.04 Å². The number of hydrogen-bond acceptors (Lipinski definition) is 2. The quantitative estimate of drug-likeness (QED) is 0.857. The van der Waals surface area contributed by atoms with Gasteiger partial charge in [-0.2, -0.15) is 0 Å². The summed E-state index contributed by atoms with van der Waals surface area (Å²) in [5.74, 6) is -0.0881. The van der Waals surface area contributed by atoms with Crippen LogP contribution in [0.4, 0.5) is 0 Å². The van der Waals surface area contributed by atoms with Crippen molar-refractivity contribution in [3.63, 3.8) is 0 Å². The van der Waals surface area contributed by atoms with E-state index in [2.05, 4.69) is 10.6 Å². The third-order valence-corrected chi connectivity index (χ3v) is 3.83. The molecule has 0 saturated carbocycles. The molecule has 0 aromatic heterocycles. The molecule has 2 rings (SSSR count). The SMILES string of the molecule is CNC(=O)C(CC(C)C)NC(=O)c1ccc(-c2ccccc2)cc1. The van der Waals surface area contributed by atoms with Crippen molar-refractivity contribution >= 4 is 11.8 Å². The van der Waals surface area contributed by atoms with Gasteiger partial charge in [-0.1, -0.05) is 56.3 Å². The van der Waals surface area contributed by atoms with Gasteiger partial charge in [0.05, 0.1) is 0 Å². The van der Waals surface area contributed by atoms with Crippen molar-refractivity contribution in [2.75, 3.05) is 7.05 Å². The third kappa shape index (κ3) is 4.69. The second-order valence-electron chi connectivity index (χ2n) is 6.21. The highest BCUT2D eigenvalue weighted by Gasteiger charge is 2.21. The van der Waals surface area contributed by atoms with Crippen LogP contribution in [0.5, 0.6) is 0 Å². The van der Waals surface area contributed by atoms with Crippen LogP contribution < -0.4 is 10.6 Å². The number of carbonyl (C=O) groups is 2. The lowest BCUT2D eigenvalue weighted by molar-refractivity contribution is -0.122. The molecule has 1 unspecified atom stereocenters. The van der Waals surface area contributed by atoms with Crippen LogP contribution in [0.1, 0.15) is 30.6 Å².